The van der Waals surface area contributed by atoms with E-state index in [-0.39, 0.29) is 36.9 Å². The van der Waals surface area contributed by atoms with E-state index >= 15 is 0 Å². The SMILES string of the molecule is C/C=C\c1ccc2n(c1=O)C[C@@H]1[C@@H](CO)[C@H](C(=O)Nc3ccc(-c4ccccc4)cc3)[C@H]2N1C(=O)CC. The maximum atomic E-state index is 13.7. The van der Waals surface area contributed by atoms with Crippen LogP contribution in [0.5, 0.6) is 0 Å². The quantitative estimate of drug-likeness (QED) is 0.537. The van der Waals surface area contributed by atoms with Crippen molar-refractivity contribution in [3.05, 3.63) is 94.4 Å². The summed E-state index contributed by atoms with van der Waals surface area (Å²) in [5.41, 5.74) is 3.79. The van der Waals surface area contributed by atoms with Gasteiger partial charge in [-0.25, -0.2) is 0 Å². The molecule has 2 aliphatic heterocycles. The van der Waals surface area contributed by atoms with Gasteiger partial charge in [-0.2, -0.15) is 0 Å². The van der Waals surface area contributed by atoms with Gasteiger partial charge in [0.15, 0.2) is 0 Å². The standard InChI is InChI=1S/C30H31N3O4/c1-3-8-21-13-16-24-28-27(23(18-34)25(17-32(24)30(21)37)33(28)26(35)4-2)29(36)31-22-14-11-20(12-15-22)19-9-6-5-7-10-19/h3,5-16,23,25,27-28,34H,4,17-18H2,1-2H3,(H,31,36)/b8-3-/t23-,25-,27+,28+/m1/s1. The number of nitrogens with zero attached hydrogens (tertiary/aromatic N) is 2. The fourth-order valence-corrected chi connectivity index (χ4v) is 5.86. The second-order valence-electron chi connectivity index (χ2n) is 9.60. The molecular weight excluding hydrogens is 466 g/mol. The monoisotopic (exact) mass is 497 g/mol. The number of nitrogens with one attached hydrogen (secondary N) is 1. The number of carbonyl (C=O) groups is 2. The maximum Gasteiger partial charge on any atom is 0.258 e. The first kappa shape index (κ1) is 24.7. The second kappa shape index (κ2) is 10.2. The Bertz CT molecular complexity index is 1390. The van der Waals surface area contributed by atoms with E-state index in [1.807, 2.05) is 73.7 Å². The summed E-state index contributed by atoms with van der Waals surface area (Å²) >= 11 is 0. The third kappa shape index (κ3) is 4.29. The predicted octanol–water partition coefficient (Wildman–Crippen LogP) is 4.09. The zero-order valence-corrected chi connectivity index (χ0v) is 21.0. The van der Waals surface area contributed by atoms with E-state index in [0.29, 0.717) is 16.9 Å². The molecule has 1 aromatic heterocycles. The van der Waals surface area contributed by atoms with Crippen molar-refractivity contribution in [2.24, 2.45) is 11.8 Å². The number of aliphatic hydroxyl groups excluding tert-OH is 1. The number of pyridine rings is 1. The summed E-state index contributed by atoms with van der Waals surface area (Å²) in [6.07, 6.45) is 3.85. The van der Waals surface area contributed by atoms with E-state index in [2.05, 4.69) is 5.32 Å². The number of amides is 2. The van der Waals surface area contributed by atoms with Crippen molar-refractivity contribution in [1.29, 1.82) is 0 Å². The summed E-state index contributed by atoms with van der Waals surface area (Å²) < 4.78 is 1.68. The molecule has 0 saturated carbocycles. The highest BCUT2D eigenvalue weighted by atomic mass is 16.3. The first-order chi connectivity index (χ1) is 18.0. The van der Waals surface area contributed by atoms with E-state index < -0.39 is 23.9 Å². The number of hydrogen-bond donors (Lipinski definition) is 2. The van der Waals surface area contributed by atoms with Crippen LogP contribution in [0.2, 0.25) is 0 Å². The number of fused-ring (bicyclic) bond motifs is 4. The molecule has 2 bridgehead atoms. The molecule has 0 spiro atoms. The van der Waals surface area contributed by atoms with Gasteiger partial charge in [0.05, 0.1) is 18.0 Å². The van der Waals surface area contributed by atoms with Crippen molar-refractivity contribution >= 4 is 23.6 Å². The van der Waals surface area contributed by atoms with Crippen LogP contribution in [0.3, 0.4) is 0 Å². The molecule has 3 aromatic rings. The van der Waals surface area contributed by atoms with Crippen LogP contribution in [0.15, 0.2) is 77.6 Å². The summed E-state index contributed by atoms with van der Waals surface area (Å²) in [5, 5.41) is 13.4. The fraction of sp³-hybridized carbons (Fsp3) is 0.300. The molecule has 2 amide bonds. The molecule has 3 heterocycles. The highest BCUT2D eigenvalue weighted by Crippen LogP contribution is 2.48. The average Bonchev–Trinajstić information content (AvgIpc) is 3.17. The molecule has 37 heavy (non-hydrogen) atoms. The van der Waals surface area contributed by atoms with E-state index in [4.69, 9.17) is 0 Å². The minimum absolute atomic E-state index is 0.0906. The molecule has 1 fully saturated rings. The Kier molecular flexibility index (Phi) is 6.80. The highest BCUT2D eigenvalue weighted by Gasteiger charge is 2.57. The van der Waals surface area contributed by atoms with E-state index in [0.717, 1.165) is 11.1 Å². The van der Waals surface area contributed by atoms with Crippen LogP contribution < -0.4 is 10.9 Å². The Morgan fingerprint density at radius 1 is 1.03 bits per heavy atom. The molecular formula is C30H31N3O4. The van der Waals surface area contributed by atoms with Crippen LogP contribution >= 0.6 is 0 Å². The summed E-state index contributed by atoms with van der Waals surface area (Å²) in [6.45, 7) is 3.63. The number of aliphatic hydroxyl groups is 1. The zero-order valence-electron chi connectivity index (χ0n) is 21.0. The Balaban J connectivity index is 1.50. The van der Waals surface area contributed by atoms with Crippen molar-refractivity contribution in [2.45, 2.75) is 38.9 Å². The third-order valence-corrected chi connectivity index (χ3v) is 7.57. The van der Waals surface area contributed by atoms with Gasteiger partial charge < -0.3 is 19.9 Å². The molecule has 190 valence electrons. The maximum absolute atomic E-state index is 13.7. The number of aromatic nitrogens is 1. The van der Waals surface area contributed by atoms with Crippen molar-refractivity contribution < 1.29 is 14.7 Å². The minimum atomic E-state index is -0.694. The molecule has 0 unspecified atom stereocenters. The molecule has 2 aromatic carbocycles. The number of allylic oxidation sites excluding steroid dienone is 1. The van der Waals surface area contributed by atoms with Gasteiger partial charge in [0.2, 0.25) is 11.8 Å². The molecule has 0 aliphatic carbocycles. The van der Waals surface area contributed by atoms with Gasteiger partial charge in [-0.15, -0.1) is 0 Å². The van der Waals surface area contributed by atoms with Crippen molar-refractivity contribution in [1.82, 2.24) is 9.47 Å². The molecule has 7 heteroatoms. The highest BCUT2D eigenvalue weighted by molar-refractivity contribution is 5.95. The predicted molar refractivity (Wildman–Crippen MR) is 144 cm³/mol. The summed E-state index contributed by atoms with van der Waals surface area (Å²) in [5.74, 6) is -1.55. The lowest BCUT2D eigenvalue weighted by atomic mass is 9.86. The number of benzene rings is 2. The van der Waals surface area contributed by atoms with Gasteiger partial charge >= 0.3 is 0 Å². The lowest BCUT2D eigenvalue weighted by Crippen LogP contribution is -2.49. The van der Waals surface area contributed by atoms with E-state index in [1.54, 1.807) is 28.5 Å². The molecule has 4 atom stereocenters. The molecule has 2 N–H and O–H groups in total. The topological polar surface area (TPSA) is 91.6 Å². The van der Waals surface area contributed by atoms with Gasteiger partial charge in [-0.3, -0.25) is 14.4 Å². The molecule has 1 saturated heterocycles. The summed E-state index contributed by atoms with van der Waals surface area (Å²) in [4.78, 5) is 41.8. The second-order valence-corrected chi connectivity index (χ2v) is 9.60. The van der Waals surface area contributed by atoms with Crippen LogP contribution in [0.1, 0.15) is 37.6 Å². The molecule has 7 nitrogen and oxygen atoms in total. The van der Waals surface area contributed by atoms with Gasteiger partial charge in [0.25, 0.3) is 5.56 Å². The zero-order chi connectivity index (χ0) is 26.1. The third-order valence-electron chi connectivity index (χ3n) is 7.57. The van der Waals surface area contributed by atoms with Crippen LogP contribution in [-0.4, -0.2) is 39.0 Å². The number of rotatable bonds is 6. The Morgan fingerprint density at radius 2 is 1.73 bits per heavy atom. The fourth-order valence-electron chi connectivity index (χ4n) is 5.86. The van der Waals surface area contributed by atoms with Crippen LogP contribution in [0.25, 0.3) is 17.2 Å². The van der Waals surface area contributed by atoms with Gasteiger partial charge in [0, 0.05) is 42.4 Å². The molecule has 5 rings (SSSR count). The van der Waals surface area contributed by atoms with E-state index in [9.17, 15) is 19.5 Å². The number of carbonyl (C=O) groups excluding carboxylic acids is 2. The molecule has 0 radical (unpaired) electrons. The number of hydrogen-bond acceptors (Lipinski definition) is 4. The Hall–Kier alpha value is -3.97. The molecule has 2 aliphatic rings. The van der Waals surface area contributed by atoms with Crippen molar-refractivity contribution in [3.8, 4) is 11.1 Å². The smallest absolute Gasteiger partial charge is 0.258 e. The van der Waals surface area contributed by atoms with Crippen LogP contribution in [0, 0.1) is 11.8 Å². The van der Waals surface area contributed by atoms with Crippen molar-refractivity contribution in [3.63, 3.8) is 0 Å². The van der Waals surface area contributed by atoms with Crippen LogP contribution in [-0.2, 0) is 16.1 Å². The summed E-state index contributed by atoms with van der Waals surface area (Å²) in [7, 11) is 0. The Morgan fingerprint density at radius 3 is 2.38 bits per heavy atom. The lowest BCUT2D eigenvalue weighted by molar-refractivity contribution is -0.136. The number of anilines is 1. The van der Waals surface area contributed by atoms with Gasteiger partial charge in [0.1, 0.15) is 0 Å². The largest absolute Gasteiger partial charge is 0.396 e. The van der Waals surface area contributed by atoms with E-state index in [1.165, 1.54) is 0 Å². The first-order valence-corrected chi connectivity index (χ1v) is 12.7. The first-order valence-electron chi connectivity index (χ1n) is 12.7. The van der Waals surface area contributed by atoms with Gasteiger partial charge in [-0.1, -0.05) is 61.5 Å². The Labute approximate surface area is 216 Å². The van der Waals surface area contributed by atoms with Gasteiger partial charge in [-0.05, 0) is 42.3 Å². The van der Waals surface area contributed by atoms with Crippen molar-refractivity contribution in [2.75, 3.05) is 11.9 Å². The lowest BCUT2D eigenvalue weighted by Gasteiger charge is -2.38. The summed E-state index contributed by atoms with van der Waals surface area (Å²) in [6, 6.07) is 20.1. The van der Waals surface area contributed by atoms with Crippen LogP contribution in [0.4, 0.5) is 5.69 Å². The average molecular weight is 498 g/mol. The minimum Gasteiger partial charge on any atom is -0.396 e. The normalized spacial score (nSPS) is 22.2.